The van der Waals surface area contributed by atoms with Crippen molar-refractivity contribution in [1.29, 1.82) is 21.0 Å². The summed E-state index contributed by atoms with van der Waals surface area (Å²) in [6, 6.07) is 7.61. The van der Waals surface area contributed by atoms with Crippen molar-refractivity contribution >= 4 is 58.4 Å². The lowest BCUT2D eigenvalue weighted by molar-refractivity contribution is -0.148. The molecule has 0 aromatic carbocycles. The fraction of sp³-hybridized carbons (Fsp3) is 0.723. The van der Waals surface area contributed by atoms with Gasteiger partial charge in [0.15, 0.2) is 5.78 Å². The molecule has 0 heterocycles. The standard InChI is InChI=1S/C23H38O10.C19H35NO9.C13H20N4O3.C4H11NO3.C3H3ClO.C3H3N/c1-5-19(24)15-23(16-28-12-9-20(25)31-6-2,17-29-13-10-21(26)32-7-3)18-30-14-11-22(27)33-8-4;1-4-27-16(21)7-10-24-13-19(20,14-25-11-8-17(22)28-5-2)15-26-12-9-18(23)29-6-3;14-4-1-7-18-10-13(17,11-19-8-2-5-15)12-20-9-3-6-16;5-4(1-6,2-7)3-8;1-2-3(4)5;1-2-3-4/h5H,1,6-18H2,2-4H3;4-15,20H2,1-3H3;1-3,7-12,17H2;6-8H,1-3,5H2;2H,1H2;2H,1H2. The van der Waals surface area contributed by atoms with Crippen LogP contribution in [0.3, 0.4) is 0 Å². The molecule has 0 atom stereocenters. The minimum atomic E-state index is -1.21. The maximum Gasteiger partial charge on any atom is 0.308 e. The molecule has 0 radical (unpaired) electrons. The van der Waals surface area contributed by atoms with Crippen LogP contribution in [-0.4, -0.2) is 257 Å². The van der Waals surface area contributed by atoms with E-state index in [0.29, 0.717) is 58.9 Å². The highest BCUT2D eigenvalue weighted by Gasteiger charge is 2.35. The minimum absolute atomic E-state index is 0.00865. The molecule has 0 saturated carbocycles. The molecule has 0 aliphatic rings. The zero-order valence-corrected chi connectivity index (χ0v) is 59.4. The Balaban J connectivity index is -0.000000297. The molecule has 0 aliphatic heterocycles. The summed E-state index contributed by atoms with van der Waals surface area (Å²) in [6.07, 6.45) is 4.82. The summed E-state index contributed by atoms with van der Waals surface area (Å²) in [5, 5.41) is 57.3. The topological polar surface area (TPSA) is 509 Å². The number of carbonyl (C=O) groups is 8. The highest BCUT2D eigenvalue weighted by Crippen LogP contribution is 2.26. The van der Waals surface area contributed by atoms with Gasteiger partial charge in [-0.1, -0.05) is 19.7 Å². The van der Waals surface area contributed by atoms with E-state index in [2.05, 4.69) is 19.7 Å². The Hall–Kier alpha value is -6.97. The number of aliphatic hydroxyl groups excluding tert-OH is 3. The lowest BCUT2D eigenvalue weighted by Crippen LogP contribution is -2.53. The van der Waals surface area contributed by atoms with Crippen LogP contribution in [0.25, 0.3) is 0 Å². The molecule has 0 saturated heterocycles. The van der Waals surface area contributed by atoms with Crippen LogP contribution in [0.15, 0.2) is 38.0 Å². The van der Waals surface area contributed by atoms with Crippen LogP contribution < -0.4 is 17.2 Å². The molecule has 0 spiro atoms. The predicted molar refractivity (Wildman–Crippen MR) is 357 cm³/mol. The summed E-state index contributed by atoms with van der Waals surface area (Å²) >= 11 is 4.71. The van der Waals surface area contributed by atoms with Gasteiger partial charge in [-0.05, 0) is 65.3 Å². The van der Waals surface area contributed by atoms with Crippen LogP contribution in [0.5, 0.6) is 0 Å². The number of carbonyl (C=O) groups excluding carboxylic acids is 8. The highest BCUT2D eigenvalue weighted by molar-refractivity contribution is 6.66. The third-order valence-electron chi connectivity index (χ3n) is 11.1. The summed E-state index contributed by atoms with van der Waals surface area (Å²) in [5.41, 5.74) is 13.6. The van der Waals surface area contributed by atoms with Crippen molar-refractivity contribution in [3.8, 4) is 24.3 Å². The van der Waals surface area contributed by atoms with Crippen LogP contribution in [0.1, 0.15) is 106 Å². The fourth-order valence-electron chi connectivity index (χ4n) is 6.32. The summed E-state index contributed by atoms with van der Waals surface area (Å²) in [7, 11) is 0. The number of nitriles is 4. The number of esters is 6. The first kappa shape index (κ1) is 103. The maximum absolute atomic E-state index is 12.2. The van der Waals surface area contributed by atoms with E-state index >= 15 is 0 Å². The predicted octanol–water partition coefficient (Wildman–Crippen LogP) is 2.39. The summed E-state index contributed by atoms with van der Waals surface area (Å²) < 4.78 is 78.5. The van der Waals surface area contributed by atoms with Crippen LogP contribution in [0.2, 0.25) is 0 Å². The van der Waals surface area contributed by atoms with E-state index in [9.17, 15) is 38.4 Å². The van der Waals surface area contributed by atoms with Crippen LogP contribution in [0.4, 0.5) is 0 Å². The first-order chi connectivity index (χ1) is 47.2. The molecular formula is C65H110ClN7O26. The Labute approximate surface area is 587 Å². The van der Waals surface area contributed by atoms with Gasteiger partial charge >= 0.3 is 35.8 Å². The number of halogens is 1. The molecule has 33 nitrogen and oxygen atoms in total. The minimum Gasteiger partial charge on any atom is -0.466 e. The fourth-order valence-corrected chi connectivity index (χ4v) is 6.32. The molecule has 0 rings (SSSR count). The normalized spacial score (nSPS) is 10.5. The van der Waals surface area contributed by atoms with Crippen LogP contribution >= 0.6 is 11.6 Å². The molecule has 0 aliphatic carbocycles. The van der Waals surface area contributed by atoms with Gasteiger partial charge in [-0.15, -0.1) is 0 Å². The van der Waals surface area contributed by atoms with Gasteiger partial charge in [-0.3, -0.25) is 38.4 Å². The molecule has 99 heavy (non-hydrogen) atoms. The van der Waals surface area contributed by atoms with E-state index in [1.165, 1.54) is 12.2 Å². The Morgan fingerprint density at radius 2 is 0.586 bits per heavy atom. The van der Waals surface area contributed by atoms with Crippen molar-refractivity contribution < 1.29 is 125 Å². The van der Waals surface area contributed by atoms with E-state index in [1.54, 1.807) is 47.6 Å². The van der Waals surface area contributed by atoms with Crippen molar-refractivity contribution in [3.63, 3.8) is 0 Å². The third-order valence-corrected chi connectivity index (χ3v) is 11.3. The number of rotatable bonds is 55. The van der Waals surface area contributed by atoms with Crippen molar-refractivity contribution in [2.24, 2.45) is 22.6 Å². The molecule has 0 amide bonds. The van der Waals surface area contributed by atoms with Gasteiger partial charge in [0.25, 0.3) is 0 Å². The van der Waals surface area contributed by atoms with E-state index in [4.69, 9.17) is 136 Å². The number of aliphatic hydroxyl groups is 3. The first-order valence-corrected chi connectivity index (χ1v) is 32.0. The van der Waals surface area contributed by atoms with Gasteiger partial charge in [0, 0.05) is 17.9 Å². The number of hydrogen-bond acceptors (Lipinski definition) is 33. The maximum atomic E-state index is 12.2. The Morgan fingerprint density at radius 3 is 0.737 bits per heavy atom. The smallest absolute Gasteiger partial charge is 0.308 e. The van der Waals surface area contributed by atoms with Gasteiger partial charge in [0.1, 0.15) is 0 Å². The van der Waals surface area contributed by atoms with Gasteiger partial charge in [-0.2, -0.15) is 21.0 Å². The summed E-state index contributed by atoms with van der Waals surface area (Å²) in [5.74, 6) is -2.47. The quantitative estimate of drug-likeness (QED) is 0.0127. The van der Waals surface area contributed by atoms with E-state index in [-0.39, 0.29) is 205 Å². The molecule has 0 fully saturated rings. The average molecular weight is 1440 g/mol. The molecule has 0 aromatic rings. The highest BCUT2D eigenvalue weighted by atomic mass is 35.5. The zero-order valence-electron chi connectivity index (χ0n) is 58.6. The summed E-state index contributed by atoms with van der Waals surface area (Å²) in [4.78, 5) is 90.3. The first-order valence-electron chi connectivity index (χ1n) is 31.6. The zero-order chi connectivity index (χ0) is 76.3. The Kier molecular flexibility index (Phi) is 76.7. The molecule has 0 unspecified atom stereocenters. The molecule has 0 aromatic heterocycles. The molecule has 568 valence electrons. The number of ketones is 1. The summed E-state index contributed by atoms with van der Waals surface area (Å²) in [6.45, 7) is 23.1. The number of nitrogens with zero attached hydrogens (tertiary/aromatic N) is 4. The van der Waals surface area contributed by atoms with E-state index in [1.807, 2.05) is 18.2 Å². The second-order valence-electron chi connectivity index (χ2n) is 20.3. The van der Waals surface area contributed by atoms with Gasteiger partial charge in [-0.25, -0.2) is 0 Å². The Morgan fingerprint density at radius 1 is 0.384 bits per heavy atom. The van der Waals surface area contributed by atoms with Gasteiger partial charge in [0.05, 0.1) is 277 Å². The SMILES string of the molecule is C=CC#N.C=CC(=O)CC(COCCC(=O)OCC)(COCCC(=O)OCC)COCCC(=O)OCC.C=CC(=O)Cl.CCOC(=O)CCOCC(N)(COCCC(=O)OCC)COCCC(=O)OCC.N#CCCOCC(N)(COCCC#N)COCCC#N.NC(CO)(CO)CO. The number of hydrogen-bond donors (Lipinski definition) is 6. The van der Waals surface area contributed by atoms with Gasteiger partial charge < -0.3 is 104 Å². The van der Waals surface area contributed by atoms with E-state index < -0.39 is 47.1 Å². The monoisotopic (exact) mass is 1440 g/mol. The number of allylic oxidation sites excluding steroid dienone is 3. The largest absolute Gasteiger partial charge is 0.466 e. The van der Waals surface area contributed by atoms with Crippen molar-refractivity contribution in [2.75, 3.05) is 178 Å². The van der Waals surface area contributed by atoms with Crippen LogP contribution in [0, 0.1) is 50.7 Å². The third kappa shape index (κ3) is 73.6. The molecular weight excluding hydrogens is 1330 g/mol. The van der Waals surface area contributed by atoms with E-state index in [0.717, 1.165) is 6.08 Å². The lowest BCUT2D eigenvalue weighted by atomic mass is 9.85. The second-order valence-corrected chi connectivity index (χ2v) is 20.7. The van der Waals surface area contributed by atoms with Crippen molar-refractivity contribution in [2.45, 2.75) is 122 Å². The van der Waals surface area contributed by atoms with Gasteiger partial charge in [0.2, 0.25) is 5.24 Å². The molecule has 9 N–H and O–H groups in total. The second kappa shape index (κ2) is 73.7. The lowest BCUT2D eigenvalue weighted by Gasteiger charge is -2.32. The molecule has 0 bridgehead atoms. The molecule has 34 heteroatoms. The number of ether oxygens (including phenoxy) is 15. The van der Waals surface area contributed by atoms with Crippen molar-refractivity contribution in [1.82, 2.24) is 0 Å². The Bertz CT molecular complexity index is 2130. The average Bonchev–Trinajstić information content (AvgIpc) is 0.888. The van der Waals surface area contributed by atoms with Crippen molar-refractivity contribution in [3.05, 3.63) is 38.0 Å². The van der Waals surface area contributed by atoms with Crippen LogP contribution in [-0.2, 0) is 109 Å². The number of nitrogens with two attached hydrogens (primary N) is 3.